The summed E-state index contributed by atoms with van der Waals surface area (Å²) in [6, 6.07) is 8.28. The number of hydrogen-bond donors (Lipinski definition) is 0. The molecule has 74 valence electrons. The average molecular weight is 202 g/mol. The number of hydrogen-bond acceptors (Lipinski definition) is 0. The Labute approximate surface area is 95.3 Å². The molecule has 0 saturated carbocycles. The van der Waals surface area contributed by atoms with Gasteiger partial charge in [0, 0.05) is 16.5 Å². The summed E-state index contributed by atoms with van der Waals surface area (Å²) in [4.78, 5) is 0. The average Bonchev–Trinajstić information content (AvgIpc) is 2.75. The lowest BCUT2D eigenvalue weighted by Gasteiger charge is -2.07. The summed E-state index contributed by atoms with van der Waals surface area (Å²) in [5.74, 6) is 5.46. The van der Waals surface area contributed by atoms with E-state index in [-0.39, 0.29) is 0 Å². The number of rotatable bonds is 0. The van der Waals surface area contributed by atoms with Crippen molar-refractivity contribution in [1.29, 1.82) is 0 Å². The van der Waals surface area contributed by atoms with Crippen LogP contribution >= 0.6 is 0 Å². The van der Waals surface area contributed by atoms with Gasteiger partial charge in [0.15, 0.2) is 0 Å². The van der Waals surface area contributed by atoms with Crippen molar-refractivity contribution in [2.24, 2.45) is 0 Å². The van der Waals surface area contributed by atoms with E-state index >= 15 is 0 Å². The lowest BCUT2D eigenvalue weighted by molar-refractivity contribution is 1.02. The highest BCUT2D eigenvalue weighted by Gasteiger charge is 2.17. The molecule has 1 aliphatic rings. The molecular weight excluding hydrogens is 192 g/mol. The molecule has 0 heteroatoms. The zero-order chi connectivity index (χ0) is 11.1. The van der Waals surface area contributed by atoms with Crippen LogP contribution in [0.3, 0.4) is 0 Å². The molecule has 0 aliphatic heterocycles. The van der Waals surface area contributed by atoms with E-state index in [0.717, 1.165) is 29.4 Å². The van der Waals surface area contributed by atoms with Crippen molar-refractivity contribution in [3.05, 3.63) is 46.5 Å². The van der Waals surface area contributed by atoms with E-state index in [1.165, 1.54) is 16.5 Å². The molecule has 0 atom stereocenters. The highest BCUT2D eigenvalue weighted by Crippen LogP contribution is 2.34. The second-order valence-corrected chi connectivity index (χ2v) is 4.08. The quantitative estimate of drug-likeness (QED) is 0.576. The van der Waals surface area contributed by atoms with Crippen LogP contribution in [0.4, 0.5) is 0 Å². The maximum Gasteiger partial charge on any atom is 0.0333 e. The topological polar surface area (TPSA) is 0 Å². The van der Waals surface area contributed by atoms with Crippen molar-refractivity contribution in [1.82, 2.24) is 0 Å². The van der Waals surface area contributed by atoms with Crippen LogP contribution in [-0.2, 0) is 12.8 Å². The van der Waals surface area contributed by atoms with Gasteiger partial charge in [0.2, 0.25) is 0 Å². The summed E-state index contributed by atoms with van der Waals surface area (Å²) in [7, 11) is 0. The third-order valence-electron chi connectivity index (χ3n) is 3.31. The van der Waals surface area contributed by atoms with Crippen molar-refractivity contribution in [3.63, 3.8) is 0 Å². The Morgan fingerprint density at radius 3 is 1.69 bits per heavy atom. The molecule has 0 radical (unpaired) electrons. The molecule has 16 heavy (non-hydrogen) atoms. The van der Waals surface area contributed by atoms with Gasteiger partial charge in [-0.15, -0.1) is 12.8 Å². The standard InChI is InChI=1S/C16H10/c1-3-11-5-7-13-9-10-14-8-6-12(4-2)15(11)16(13)14/h1-2,5-8H,9-10H2. The summed E-state index contributed by atoms with van der Waals surface area (Å²) in [5.41, 5.74) is 4.58. The highest BCUT2D eigenvalue weighted by atomic mass is 14.2. The molecule has 0 amide bonds. The van der Waals surface area contributed by atoms with E-state index in [2.05, 4.69) is 24.0 Å². The SMILES string of the molecule is C#Cc1ccc2c3c(ccc(C#C)c13)CC2. The number of benzene rings is 2. The number of terminal acetylenes is 2. The van der Waals surface area contributed by atoms with Gasteiger partial charge in [0.05, 0.1) is 0 Å². The molecule has 0 bridgehead atoms. The normalized spacial score (nSPS) is 12.4. The second kappa shape index (κ2) is 3.16. The molecule has 0 nitrogen and oxygen atoms in total. The van der Waals surface area contributed by atoms with Crippen molar-refractivity contribution < 1.29 is 0 Å². The predicted octanol–water partition coefficient (Wildman–Crippen LogP) is 2.90. The first kappa shape index (κ1) is 9.08. The van der Waals surface area contributed by atoms with Crippen molar-refractivity contribution in [3.8, 4) is 24.7 Å². The molecule has 3 rings (SSSR count). The van der Waals surface area contributed by atoms with Gasteiger partial charge < -0.3 is 0 Å². The molecule has 0 fully saturated rings. The number of aryl methyl sites for hydroxylation is 2. The largest absolute Gasteiger partial charge is 0.115 e. The Hall–Kier alpha value is -2.18. The monoisotopic (exact) mass is 202 g/mol. The van der Waals surface area contributed by atoms with Gasteiger partial charge in [-0.05, 0) is 41.5 Å². The zero-order valence-corrected chi connectivity index (χ0v) is 8.88. The maximum absolute atomic E-state index is 5.54. The minimum absolute atomic E-state index is 0.912. The summed E-state index contributed by atoms with van der Waals surface area (Å²) >= 11 is 0. The fraction of sp³-hybridized carbons (Fsp3) is 0.125. The van der Waals surface area contributed by atoms with Gasteiger partial charge >= 0.3 is 0 Å². The minimum atomic E-state index is 0.912. The first-order chi connectivity index (χ1) is 7.85. The molecule has 0 spiro atoms. The molecular formula is C16H10. The van der Waals surface area contributed by atoms with E-state index in [1.54, 1.807) is 0 Å². The van der Waals surface area contributed by atoms with Gasteiger partial charge in [-0.2, -0.15) is 0 Å². The van der Waals surface area contributed by atoms with Gasteiger partial charge in [0.25, 0.3) is 0 Å². The van der Waals surface area contributed by atoms with E-state index in [1.807, 2.05) is 12.1 Å². The van der Waals surface area contributed by atoms with Crippen LogP contribution < -0.4 is 0 Å². The molecule has 0 saturated heterocycles. The zero-order valence-electron chi connectivity index (χ0n) is 8.88. The van der Waals surface area contributed by atoms with E-state index < -0.39 is 0 Å². The summed E-state index contributed by atoms with van der Waals surface area (Å²) in [6.45, 7) is 0. The van der Waals surface area contributed by atoms with E-state index in [9.17, 15) is 0 Å². The Morgan fingerprint density at radius 2 is 1.25 bits per heavy atom. The molecule has 0 N–H and O–H groups in total. The van der Waals surface area contributed by atoms with Crippen LogP contribution in [0.25, 0.3) is 10.8 Å². The fourth-order valence-electron chi connectivity index (χ4n) is 2.57. The van der Waals surface area contributed by atoms with Crippen molar-refractivity contribution in [2.45, 2.75) is 12.8 Å². The van der Waals surface area contributed by atoms with Crippen LogP contribution in [0.15, 0.2) is 24.3 Å². The van der Waals surface area contributed by atoms with Crippen LogP contribution in [0.2, 0.25) is 0 Å². The van der Waals surface area contributed by atoms with Gasteiger partial charge in [-0.25, -0.2) is 0 Å². The summed E-state index contributed by atoms with van der Waals surface area (Å²) in [6.07, 6.45) is 13.3. The molecule has 1 aliphatic carbocycles. The third kappa shape index (κ3) is 1.02. The second-order valence-electron chi connectivity index (χ2n) is 4.08. The lowest BCUT2D eigenvalue weighted by atomic mass is 9.96. The van der Waals surface area contributed by atoms with Crippen LogP contribution in [0.1, 0.15) is 22.3 Å². The van der Waals surface area contributed by atoms with Crippen LogP contribution in [0.5, 0.6) is 0 Å². The molecule has 0 aromatic heterocycles. The Bertz CT molecular complexity index is 619. The fourth-order valence-corrected chi connectivity index (χ4v) is 2.57. The minimum Gasteiger partial charge on any atom is -0.115 e. The van der Waals surface area contributed by atoms with Crippen LogP contribution in [-0.4, -0.2) is 0 Å². The van der Waals surface area contributed by atoms with E-state index in [0.29, 0.717) is 0 Å². The van der Waals surface area contributed by atoms with Gasteiger partial charge in [-0.1, -0.05) is 24.0 Å². The Morgan fingerprint density at radius 1 is 0.750 bits per heavy atom. The molecule has 2 aromatic carbocycles. The Balaban J connectivity index is 2.60. The first-order valence-corrected chi connectivity index (χ1v) is 5.36. The Kier molecular flexibility index (Phi) is 1.79. The predicted molar refractivity (Wildman–Crippen MR) is 67.2 cm³/mol. The molecule has 2 aromatic rings. The van der Waals surface area contributed by atoms with Gasteiger partial charge in [0.1, 0.15) is 0 Å². The third-order valence-corrected chi connectivity index (χ3v) is 3.31. The highest BCUT2D eigenvalue weighted by molar-refractivity contribution is 5.98. The molecule has 0 heterocycles. The summed E-state index contributed by atoms with van der Waals surface area (Å²) < 4.78 is 0. The smallest absolute Gasteiger partial charge is 0.0333 e. The van der Waals surface area contributed by atoms with Crippen LogP contribution in [0, 0.1) is 24.7 Å². The lowest BCUT2D eigenvalue weighted by Crippen LogP contribution is -1.88. The van der Waals surface area contributed by atoms with Crippen molar-refractivity contribution >= 4 is 10.8 Å². The molecule has 0 unspecified atom stereocenters. The summed E-state index contributed by atoms with van der Waals surface area (Å²) in [5, 5.41) is 2.39. The van der Waals surface area contributed by atoms with Gasteiger partial charge in [-0.3, -0.25) is 0 Å². The van der Waals surface area contributed by atoms with Crippen molar-refractivity contribution in [2.75, 3.05) is 0 Å². The van der Waals surface area contributed by atoms with E-state index in [4.69, 9.17) is 12.8 Å². The first-order valence-electron chi connectivity index (χ1n) is 5.36. The maximum atomic E-state index is 5.54.